The minimum Gasteiger partial charge on any atom is -1.00 e. The van der Waals surface area contributed by atoms with Gasteiger partial charge in [-0.3, -0.25) is 0 Å². The van der Waals surface area contributed by atoms with Crippen molar-refractivity contribution in [2.24, 2.45) is 0 Å². The highest BCUT2D eigenvalue weighted by Gasteiger charge is 2.71. The molecule has 6 atom stereocenters. The zero-order valence-corrected chi connectivity index (χ0v) is 15.7. The van der Waals surface area contributed by atoms with Crippen LogP contribution in [0.2, 0.25) is 0 Å². The third kappa shape index (κ3) is 2.63. The molecule has 3 aliphatic rings. The number of quaternary nitrogens is 1. The van der Waals surface area contributed by atoms with Crippen LogP contribution in [0.3, 0.4) is 0 Å². The second-order valence-electron chi connectivity index (χ2n) is 7.21. The van der Waals surface area contributed by atoms with Crippen LogP contribution in [0.5, 0.6) is 0 Å². The Morgan fingerprint density at radius 2 is 1.83 bits per heavy atom. The SMILES string of the molecule is C=C(C(=O)OC1C[C@@H]2C3OC3[C@H](C1)[N+]2(C)CC)c1ccccc1.[Br-]. The van der Waals surface area contributed by atoms with E-state index in [0.717, 1.165) is 29.4 Å². The predicted octanol–water partition coefficient (Wildman–Crippen LogP) is -0.606. The number of nitrogens with zero attached hydrogens (tertiary/aromatic N) is 1. The highest BCUT2D eigenvalue weighted by Crippen LogP contribution is 2.52. The molecule has 0 radical (unpaired) electrons. The number of esters is 1. The number of piperidine rings is 1. The van der Waals surface area contributed by atoms with Crippen molar-refractivity contribution in [3.8, 4) is 0 Å². The molecular weight excluding hydrogens is 370 g/mol. The molecule has 3 heterocycles. The van der Waals surface area contributed by atoms with Crippen molar-refractivity contribution >= 4 is 11.5 Å². The first-order valence-electron chi connectivity index (χ1n) is 8.50. The average molecular weight is 394 g/mol. The average Bonchev–Trinajstić information content (AvgIpc) is 3.33. The van der Waals surface area contributed by atoms with E-state index in [1.54, 1.807) is 0 Å². The highest BCUT2D eigenvalue weighted by molar-refractivity contribution is 6.15. The molecule has 130 valence electrons. The van der Waals surface area contributed by atoms with Gasteiger partial charge in [0.25, 0.3) is 0 Å². The first-order chi connectivity index (χ1) is 11.0. The number of carbonyl (C=O) groups is 1. The molecule has 4 rings (SSSR count). The number of hydrogen-bond donors (Lipinski definition) is 0. The van der Waals surface area contributed by atoms with E-state index in [-0.39, 0.29) is 29.1 Å². The molecule has 0 amide bonds. The number of benzene rings is 1. The molecule has 3 saturated heterocycles. The number of morpholine rings is 1. The van der Waals surface area contributed by atoms with Crippen LogP contribution in [0.25, 0.3) is 5.57 Å². The molecule has 2 bridgehead atoms. The molecule has 1 aromatic carbocycles. The Hall–Kier alpha value is -1.17. The van der Waals surface area contributed by atoms with Crippen molar-refractivity contribution in [2.45, 2.75) is 50.2 Å². The van der Waals surface area contributed by atoms with Crippen LogP contribution < -0.4 is 17.0 Å². The van der Waals surface area contributed by atoms with Gasteiger partial charge in [-0.2, -0.15) is 0 Å². The Morgan fingerprint density at radius 1 is 1.25 bits per heavy atom. The number of likely N-dealkylation sites (N-methyl/N-ethyl adjacent to an activating group) is 1. The fourth-order valence-electron chi connectivity index (χ4n) is 4.60. The lowest BCUT2D eigenvalue weighted by atomic mass is 9.95. The van der Waals surface area contributed by atoms with Gasteiger partial charge in [-0.15, -0.1) is 0 Å². The summed E-state index contributed by atoms with van der Waals surface area (Å²) >= 11 is 0. The number of hydrogen-bond acceptors (Lipinski definition) is 3. The number of fused-ring (bicyclic) bond motifs is 5. The van der Waals surface area contributed by atoms with Gasteiger partial charge in [0, 0.05) is 12.8 Å². The quantitative estimate of drug-likeness (QED) is 0.296. The van der Waals surface area contributed by atoms with Crippen molar-refractivity contribution in [1.29, 1.82) is 0 Å². The first kappa shape index (κ1) is 17.6. The summed E-state index contributed by atoms with van der Waals surface area (Å²) in [5, 5.41) is 0. The standard InChI is InChI=1S/C19H24NO3.BrH/c1-4-20(3)15-10-14(11-16(20)18-17(15)23-18)22-19(21)12(2)13-8-6-5-7-9-13;/h5-9,14-18H,2,4,10-11H2,1,3H3;1H/q+1;/p-1/t14?,15-,16+,17?,18?,20?;. The maximum absolute atomic E-state index is 12.4. The van der Waals surface area contributed by atoms with Gasteiger partial charge in [0.2, 0.25) is 0 Å². The summed E-state index contributed by atoms with van der Waals surface area (Å²) in [6, 6.07) is 10.5. The second-order valence-corrected chi connectivity index (χ2v) is 7.21. The zero-order chi connectivity index (χ0) is 16.2. The maximum atomic E-state index is 12.4. The highest BCUT2D eigenvalue weighted by atomic mass is 79.9. The van der Waals surface area contributed by atoms with Crippen molar-refractivity contribution in [3.05, 3.63) is 42.5 Å². The number of epoxide rings is 1. The topological polar surface area (TPSA) is 38.8 Å². The molecule has 0 spiro atoms. The maximum Gasteiger partial charge on any atom is 0.338 e. The van der Waals surface area contributed by atoms with Crippen LogP contribution in [0, 0.1) is 0 Å². The van der Waals surface area contributed by atoms with Gasteiger partial charge in [0.05, 0.1) is 19.2 Å². The second kappa shape index (κ2) is 6.28. The van der Waals surface area contributed by atoms with E-state index in [0.29, 0.717) is 29.9 Å². The van der Waals surface area contributed by atoms with Gasteiger partial charge in [-0.25, -0.2) is 4.79 Å². The van der Waals surface area contributed by atoms with E-state index in [4.69, 9.17) is 9.47 Å². The molecule has 24 heavy (non-hydrogen) atoms. The van der Waals surface area contributed by atoms with Gasteiger partial charge >= 0.3 is 5.97 Å². The van der Waals surface area contributed by atoms with Crippen LogP contribution in [-0.4, -0.2) is 54.4 Å². The fourth-order valence-corrected chi connectivity index (χ4v) is 4.60. The minimum absolute atomic E-state index is 0. The van der Waals surface area contributed by atoms with E-state index in [1.165, 1.54) is 0 Å². The van der Waals surface area contributed by atoms with Crippen LogP contribution >= 0.6 is 0 Å². The van der Waals surface area contributed by atoms with E-state index in [9.17, 15) is 4.79 Å². The summed E-state index contributed by atoms with van der Waals surface area (Å²) in [4.78, 5) is 12.4. The Bertz CT molecular complexity index is 629. The summed E-state index contributed by atoms with van der Waals surface area (Å²) in [5.41, 5.74) is 1.27. The monoisotopic (exact) mass is 393 g/mol. The molecule has 0 N–H and O–H groups in total. The number of halogens is 1. The number of carbonyl (C=O) groups excluding carboxylic acids is 1. The summed E-state index contributed by atoms with van der Waals surface area (Å²) in [5.74, 6) is -0.289. The minimum atomic E-state index is -0.289. The molecule has 4 unspecified atom stereocenters. The summed E-state index contributed by atoms with van der Waals surface area (Å²) in [6.07, 6.45) is 2.55. The smallest absolute Gasteiger partial charge is 0.338 e. The molecule has 5 heteroatoms. The van der Waals surface area contributed by atoms with Crippen LogP contribution in [0.1, 0.15) is 25.3 Å². The largest absolute Gasteiger partial charge is 1.00 e. The molecule has 1 aromatic rings. The van der Waals surface area contributed by atoms with Gasteiger partial charge in [-0.05, 0) is 12.5 Å². The van der Waals surface area contributed by atoms with Crippen molar-refractivity contribution in [2.75, 3.05) is 13.6 Å². The molecule has 0 saturated carbocycles. The lowest BCUT2D eigenvalue weighted by molar-refractivity contribution is -0.954. The first-order valence-corrected chi connectivity index (χ1v) is 8.50. The van der Waals surface area contributed by atoms with E-state index >= 15 is 0 Å². The Kier molecular flexibility index (Phi) is 4.62. The Labute approximate surface area is 153 Å². The van der Waals surface area contributed by atoms with Gasteiger partial charge in [-0.1, -0.05) is 36.9 Å². The fraction of sp³-hybridized carbons (Fsp3) is 0.526. The lowest BCUT2D eigenvalue weighted by Crippen LogP contribution is -3.00. The van der Waals surface area contributed by atoms with E-state index < -0.39 is 0 Å². The molecule has 0 aromatic heterocycles. The lowest BCUT2D eigenvalue weighted by Gasteiger charge is -2.47. The van der Waals surface area contributed by atoms with Gasteiger partial charge in [0.1, 0.15) is 30.4 Å². The molecule has 4 nitrogen and oxygen atoms in total. The Morgan fingerprint density at radius 3 is 2.38 bits per heavy atom. The van der Waals surface area contributed by atoms with Crippen LogP contribution in [-0.2, 0) is 14.3 Å². The summed E-state index contributed by atoms with van der Waals surface area (Å²) in [6.45, 7) is 7.27. The number of ether oxygens (including phenoxy) is 2. The summed E-state index contributed by atoms with van der Waals surface area (Å²) < 4.78 is 12.7. The zero-order valence-electron chi connectivity index (χ0n) is 14.2. The summed E-state index contributed by atoms with van der Waals surface area (Å²) in [7, 11) is 2.33. The normalized spacial score (nSPS) is 38.7. The van der Waals surface area contributed by atoms with Crippen molar-refractivity contribution in [1.82, 2.24) is 0 Å². The van der Waals surface area contributed by atoms with Gasteiger partial charge < -0.3 is 30.9 Å². The van der Waals surface area contributed by atoms with Gasteiger partial charge in [0.15, 0.2) is 0 Å². The molecule has 3 fully saturated rings. The molecule has 0 aliphatic carbocycles. The predicted molar refractivity (Wildman–Crippen MR) is 87.6 cm³/mol. The van der Waals surface area contributed by atoms with Crippen LogP contribution in [0.4, 0.5) is 0 Å². The van der Waals surface area contributed by atoms with E-state index in [1.807, 2.05) is 30.3 Å². The Balaban J connectivity index is 0.00000169. The van der Waals surface area contributed by atoms with E-state index in [2.05, 4.69) is 20.6 Å². The molecular formula is C19H24BrNO3. The third-order valence-corrected chi connectivity index (χ3v) is 6.17. The van der Waals surface area contributed by atoms with Crippen molar-refractivity contribution in [3.63, 3.8) is 0 Å². The number of rotatable bonds is 4. The third-order valence-electron chi connectivity index (χ3n) is 6.17. The van der Waals surface area contributed by atoms with Crippen LogP contribution in [0.15, 0.2) is 36.9 Å². The molecule has 3 aliphatic heterocycles. The van der Waals surface area contributed by atoms with Crippen molar-refractivity contribution < 1.29 is 35.7 Å².